The normalized spacial score (nSPS) is 11.4. The second-order valence-electron chi connectivity index (χ2n) is 3.96. The maximum atomic E-state index is 12.5. The summed E-state index contributed by atoms with van der Waals surface area (Å²) in [4.78, 5) is -0.373. The van der Waals surface area contributed by atoms with Crippen molar-refractivity contribution in [2.75, 3.05) is 11.9 Å². The lowest BCUT2D eigenvalue weighted by Gasteiger charge is -2.10. The molecule has 3 nitrogen and oxygen atoms in total. The van der Waals surface area contributed by atoms with Crippen LogP contribution in [0.15, 0.2) is 40.8 Å². The quantitative estimate of drug-likeness (QED) is 0.840. The number of sulfone groups is 1. The molecule has 0 fully saturated rings. The van der Waals surface area contributed by atoms with Crippen LogP contribution in [-0.4, -0.2) is 20.7 Å². The summed E-state index contributed by atoms with van der Waals surface area (Å²) in [7, 11) is -4.57. The van der Waals surface area contributed by atoms with E-state index in [0.29, 0.717) is 6.54 Å². The average molecular weight is 275 g/mol. The predicted octanol–water partition coefficient (Wildman–Crippen LogP) is 3.06. The summed E-state index contributed by atoms with van der Waals surface area (Å²) in [5.74, 6) is -3.41. The zero-order valence-corrected chi connectivity index (χ0v) is 11.0. The number of allylic oxidation sites excluding steroid dienone is 1. The molecule has 1 N–H and O–H groups in total. The molecule has 0 aliphatic heterocycles. The first-order valence-corrected chi connectivity index (χ1v) is 6.88. The van der Waals surface area contributed by atoms with Crippen molar-refractivity contribution in [2.24, 2.45) is 0 Å². The predicted molar refractivity (Wildman–Crippen MR) is 67.6 cm³/mol. The van der Waals surface area contributed by atoms with Crippen molar-refractivity contribution >= 4 is 15.5 Å². The molecule has 0 saturated heterocycles. The van der Waals surface area contributed by atoms with E-state index in [1.54, 1.807) is 6.07 Å². The molecule has 0 aliphatic carbocycles. The summed E-state index contributed by atoms with van der Waals surface area (Å²) in [6, 6.07) is 5.65. The van der Waals surface area contributed by atoms with Crippen LogP contribution in [0.5, 0.6) is 0 Å². The van der Waals surface area contributed by atoms with E-state index in [1.165, 1.54) is 18.2 Å². The molecular weight excluding hydrogens is 260 g/mol. The minimum Gasteiger partial charge on any atom is -0.381 e. The van der Waals surface area contributed by atoms with Gasteiger partial charge in [0, 0.05) is 6.54 Å². The third-order valence-electron chi connectivity index (χ3n) is 2.23. The van der Waals surface area contributed by atoms with Gasteiger partial charge in [-0.15, -0.1) is 0 Å². The molecule has 0 saturated carbocycles. The second-order valence-corrected chi connectivity index (χ2v) is 5.85. The Morgan fingerprint density at radius 3 is 2.50 bits per heavy atom. The van der Waals surface area contributed by atoms with Crippen LogP contribution < -0.4 is 5.32 Å². The van der Waals surface area contributed by atoms with Crippen molar-refractivity contribution in [3.8, 4) is 0 Å². The zero-order valence-electron chi connectivity index (χ0n) is 10.2. The summed E-state index contributed by atoms with van der Waals surface area (Å²) in [5, 5.41) is 2.82. The standard InChI is InChI=1S/C12H15F2NO2S/c1-9(2)7-8-15-10-5-3-4-6-11(10)18(16,17)12(13)14/h3-7,12,15H,8H2,1-2H3. The van der Waals surface area contributed by atoms with E-state index in [1.807, 2.05) is 19.9 Å². The largest absolute Gasteiger partial charge is 0.381 e. The van der Waals surface area contributed by atoms with Crippen LogP contribution in [0.2, 0.25) is 0 Å². The van der Waals surface area contributed by atoms with Crippen molar-refractivity contribution in [2.45, 2.75) is 24.5 Å². The van der Waals surface area contributed by atoms with Crippen molar-refractivity contribution < 1.29 is 17.2 Å². The summed E-state index contributed by atoms with van der Waals surface area (Å²) in [6.07, 6.45) is 1.84. The van der Waals surface area contributed by atoms with Crippen LogP contribution in [0.25, 0.3) is 0 Å². The van der Waals surface area contributed by atoms with Gasteiger partial charge in [0.25, 0.3) is 0 Å². The maximum absolute atomic E-state index is 12.5. The van der Waals surface area contributed by atoms with E-state index in [0.717, 1.165) is 5.57 Å². The van der Waals surface area contributed by atoms with E-state index in [4.69, 9.17) is 0 Å². The van der Waals surface area contributed by atoms with E-state index in [2.05, 4.69) is 5.32 Å². The molecule has 1 rings (SSSR count). The molecule has 0 radical (unpaired) electrons. The Morgan fingerprint density at radius 1 is 1.33 bits per heavy atom. The molecular formula is C12H15F2NO2S. The monoisotopic (exact) mass is 275 g/mol. The summed E-state index contributed by atoms with van der Waals surface area (Å²) in [5.41, 5.74) is 1.24. The molecule has 0 amide bonds. The molecule has 1 aromatic carbocycles. The van der Waals surface area contributed by atoms with E-state index in [-0.39, 0.29) is 10.6 Å². The van der Waals surface area contributed by atoms with Crippen LogP contribution in [0.1, 0.15) is 13.8 Å². The highest BCUT2D eigenvalue weighted by molar-refractivity contribution is 7.91. The lowest BCUT2D eigenvalue weighted by Crippen LogP contribution is -2.14. The maximum Gasteiger partial charge on any atom is 0.341 e. The van der Waals surface area contributed by atoms with Gasteiger partial charge in [-0.3, -0.25) is 0 Å². The summed E-state index contributed by atoms with van der Waals surface area (Å²) in [6.45, 7) is 4.17. The van der Waals surface area contributed by atoms with Gasteiger partial charge in [-0.25, -0.2) is 8.42 Å². The Kier molecular flexibility index (Phi) is 4.84. The van der Waals surface area contributed by atoms with Gasteiger partial charge in [-0.1, -0.05) is 23.8 Å². The fourth-order valence-corrected chi connectivity index (χ4v) is 2.23. The molecule has 0 aromatic heterocycles. The van der Waals surface area contributed by atoms with Crippen LogP contribution in [0.3, 0.4) is 0 Å². The number of benzene rings is 1. The van der Waals surface area contributed by atoms with E-state index < -0.39 is 15.6 Å². The van der Waals surface area contributed by atoms with Gasteiger partial charge in [-0.05, 0) is 26.0 Å². The SMILES string of the molecule is CC(C)=CCNc1ccccc1S(=O)(=O)C(F)F. The molecule has 0 spiro atoms. The molecule has 6 heteroatoms. The first kappa shape index (κ1) is 14.6. The van der Waals surface area contributed by atoms with Gasteiger partial charge in [0.2, 0.25) is 9.84 Å². The Morgan fingerprint density at radius 2 is 1.94 bits per heavy atom. The Hall–Kier alpha value is -1.43. The van der Waals surface area contributed by atoms with E-state index >= 15 is 0 Å². The van der Waals surface area contributed by atoms with Gasteiger partial charge in [0.1, 0.15) is 0 Å². The highest BCUT2D eigenvalue weighted by Crippen LogP contribution is 2.25. The summed E-state index contributed by atoms with van der Waals surface area (Å²) < 4.78 is 47.9. The van der Waals surface area contributed by atoms with Gasteiger partial charge < -0.3 is 5.32 Å². The number of para-hydroxylation sites is 1. The van der Waals surface area contributed by atoms with Crippen LogP contribution >= 0.6 is 0 Å². The number of rotatable bonds is 5. The molecule has 18 heavy (non-hydrogen) atoms. The highest BCUT2D eigenvalue weighted by Gasteiger charge is 2.28. The molecule has 0 aliphatic rings. The van der Waals surface area contributed by atoms with Gasteiger partial charge in [0.05, 0.1) is 10.6 Å². The Balaban J connectivity index is 3.04. The topological polar surface area (TPSA) is 46.2 Å². The Labute approximate surface area is 105 Å². The lowest BCUT2D eigenvalue weighted by molar-refractivity contribution is 0.235. The third-order valence-corrected chi connectivity index (χ3v) is 3.67. The highest BCUT2D eigenvalue weighted by atomic mass is 32.2. The number of halogens is 2. The second kappa shape index (κ2) is 5.95. The number of anilines is 1. The zero-order chi connectivity index (χ0) is 13.8. The smallest absolute Gasteiger partial charge is 0.341 e. The number of alkyl halides is 2. The molecule has 0 unspecified atom stereocenters. The van der Waals surface area contributed by atoms with Gasteiger partial charge >= 0.3 is 5.76 Å². The first-order valence-electron chi connectivity index (χ1n) is 5.34. The fraction of sp³-hybridized carbons (Fsp3) is 0.333. The van der Waals surface area contributed by atoms with Crippen LogP contribution in [0.4, 0.5) is 14.5 Å². The van der Waals surface area contributed by atoms with Crippen LogP contribution in [-0.2, 0) is 9.84 Å². The minimum atomic E-state index is -4.57. The third kappa shape index (κ3) is 3.53. The molecule has 100 valence electrons. The number of nitrogens with one attached hydrogen (secondary N) is 1. The number of hydrogen-bond donors (Lipinski definition) is 1. The van der Waals surface area contributed by atoms with Crippen LogP contribution in [0, 0.1) is 0 Å². The van der Waals surface area contributed by atoms with Gasteiger partial charge in [-0.2, -0.15) is 8.78 Å². The van der Waals surface area contributed by atoms with E-state index in [9.17, 15) is 17.2 Å². The fourth-order valence-electron chi connectivity index (χ4n) is 1.32. The molecule has 0 heterocycles. The summed E-state index contributed by atoms with van der Waals surface area (Å²) >= 11 is 0. The van der Waals surface area contributed by atoms with Crippen molar-refractivity contribution in [3.63, 3.8) is 0 Å². The van der Waals surface area contributed by atoms with Gasteiger partial charge in [0.15, 0.2) is 0 Å². The average Bonchev–Trinajstić information content (AvgIpc) is 2.28. The van der Waals surface area contributed by atoms with Crippen molar-refractivity contribution in [3.05, 3.63) is 35.9 Å². The molecule has 0 atom stereocenters. The first-order chi connectivity index (χ1) is 8.35. The molecule has 0 bridgehead atoms. The number of hydrogen-bond acceptors (Lipinski definition) is 3. The minimum absolute atomic E-state index is 0.190. The lowest BCUT2D eigenvalue weighted by atomic mass is 10.3. The Bertz CT molecular complexity index is 535. The van der Waals surface area contributed by atoms with Crippen molar-refractivity contribution in [1.29, 1.82) is 0 Å². The molecule has 1 aromatic rings. The van der Waals surface area contributed by atoms with Crippen molar-refractivity contribution in [1.82, 2.24) is 0 Å².